The van der Waals surface area contributed by atoms with Crippen molar-refractivity contribution in [3.63, 3.8) is 0 Å². The van der Waals surface area contributed by atoms with Crippen LogP contribution in [-0.4, -0.2) is 31.2 Å². The van der Waals surface area contributed by atoms with Crippen LogP contribution in [0.2, 0.25) is 0 Å². The number of nitrogens with one attached hydrogen (secondary N) is 2. The molecule has 2 aromatic carbocycles. The Morgan fingerprint density at radius 2 is 1.89 bits per heavy atom. The zero-order valence-corrected chi connectivity index (χ0v) is 17.3. The van der Waals surface area contributed by atoms with Gasteiger partial charge in [-0.05, 0) is 37.6 Å². The first-order valence-corrected chi connectivity index (χ1v) is 11.4. The molecule has 8 heteroatoms. The van der Waals surface area contributed by atoms with Gasteiger partial charge in [-0.3, -0.25) is 9.59 Å². The summed E-state index contributed by atoms with van der Waals surface area (Å²) in [6.45, 7) is 4.14. The molecule has 1 atom stereocenters. The molecule has 2 aromatic rings. The standard InChI is InChI=1S/C20H22N2O4S2/c1-13-3-5-15(6-4-13)12-21-19(23)9-10-28(25,26)16-7-8-18-17(11-16)22-20(24)14(2)27-18/h3-8,11,14H,9-10,12H2,1-2H3,(H,21,23)(H,22,24)/t14-/m1/s1. The molecule has 0 bridgehead atoms. The van der Waals surface area contributed by atoms with Crippen LogP contribution in [0, 0.1) is 6.92 Å². The van der Waals surface area contributed by atoms with Crippen LogP contribution < -0.4 is 10.6 Å². The van der Waals surface area contributed by atoms with Crippen LogP contribution in [-0.2, 0) is 26.0 Å². The van der Waals surface area contributed by atoms with Gasteiger partial charge in [0.05, 0.1) is 21.6 Å². The van der Waals surface area contributed by atoms with E-state index in [-0.39, 0.29) is 34.1 Å². The molecule has 1 heterocycles. The normalized spacial score (nSPS) is 16.2. The topological polar surface area (TPSA) is 92.3 Å². The molecule has 3 rings (SSSR count). The Bertz CT molecular complexity index is 1000. The first kappa shape index (κ1) is 20.4. The zero-order valence-electron chi connectivity index (χ0n) is 15.7. The van der Waals surface area contributed by atoms with Crippen molar-refractivity contribution in [3.8, 4) is 0 Å². The number of rotatable bonds is 6. The van der Waals surface area contributed by atoms with E-state index in [0.717, 1.165) is 16.0 Å². The number of sulfone groups is 1. The van der Waals surface area contributed by atoms with Crippen LogP contribution in [0.15, 0.2) is 52.3 Å². The van der Waals surface area contributed by atoms with Gasteiger partial charge in [0.1, 0.15) is 0 Å². The first-order chi connectivity index (χ1) is 13.2. The number of fused-ring (bicyclic) bond motifs is 1. The summed E-state index contributed by atoms with van der Waals surface area (Å²) in [7, 11) is -3.63. The molecule has 148 valence electrons. The number of thioether (sulfide) groups is 1. The van der Waals surface area contributed by atoms with Gasteiger partial charge in [-0.25, -0.2) is 8.42 Å². The second-order valence-electron chi connectivity index (χ2n) is 6.74. The fraction of sp³-hybridized carbons (Fsp3) is 0.300. The molecule has 0 fully saturated rings. The SMILES string of the molecule is Cc1ccc(CNC(=O)CCS(=O)(=O)c2ccc3c(c2)NC(=O)[C@@H](C)S3)cc1. The highest BCUT2D eigenvalue weighted by Gasteiger charge is 2.25. The van der Waals surface area contributed by atoms with Crippen molar-refractivity contribution in [3.05, 3.63) is 53.6 Å². The van der Waals surface area contributed by atoms with E-state index >= 15 is 0 Å². The zero-order chi connectivity index (χ0) is 20.3. The summed E-state index contributed by atoms with van der Waals surface area (Å²) < 4.78 is 25.2. The molecule has 2 amide bonds. The number of amides is 2. The molecule has 1 aliphatic rings. The highest BCUT2D eigenvalue weighted by atomic mass is 32.2. The van der Waals surface area contributed by atoms with Gasteiger partial charge in [0.25, 0.3) is 0 Å². The Morgan fingerprint density at radius 1 is 1.18 bits per heavy atom. The minimum absolute atomic E-state index is 0.105. The maximum atomic E-state index is 12.6. The van der Waals surface area contributed by atoms with Gasteiger partial charge in [0.2, 0.25) is 11.8 Å². The number of anilines is 1. The van der Waals surface area contributed by atoms with Gasteiger partial charge < -0.3 is 10.6 Å². The summed E-state index contributed by atoms with van der Waals surface area (Å²) in [6.07, 6.45) is -0.122. The van der Waals surface area contributed by atoms with Crippen molar-refractivity contribution in [1.29, 1.82) is 0 Å². The van der Waals surface area contributed by atoms with Gasteiger partial charge in [0.15, 0.2) is 9.84 Å². The lowest BCUT2D eigenvalue weighted by Gasteiger charge is -2.21. The van der Waals surface area contributed by atoms with Gasteiger partial charge in [0, 0.05) is 17.9 Å². The van der Waals surface area contributed by atoms with E-state index in [1.165, 1.54) is 23.9 Å². The maximum Gasteiger partial charge on any atom is 0.237 e. The lowest BCUT2D eigenvalue weighted by molar-refractivity contribution is -0.121. The van der Waals surface area contributed by atoms with Crippen LogP contribution in [0.3, 0.4) is 0 Å². The third kappa shape index (κ3) is 4.94. The number of hydrogen-bond donors (Lipinski definition) is 2. The van der Waals surface area contributed by atoms with Crippen LogP contribution in [0.25, 0.3) is 0 Å². The monoisotopic (exact) mass is 418 g/mol. The van der Waals surface area contributed by atoms with Crippen molar-refractivity contribution in [1.82, 2.24) is 5.32 Å². The third-order valence-corrected chi connectivity index (χ3v) is 7.34. The van der Waals surface area contributed by atoms with E-state index in [2.05, 4.69) is 10.6 Å². The van der Waals surface area contributed by atoms with Crippen molar-refractivity contribution in [2.24, 2.45) is 0 Å². The average Bonchev–Trinajstić information content (AvgIpc) is 2.66. The summed E-state index contributed by atoms with van der Waals surface area (Å²) in [5.74, 6) is -0.759. The average molecular weight is 419 g/mol. The van der Waals surface area contributed by atoms with E-state index in [1.54, 1.807) is 13.0 Å². The number of aryl methyl sites for hydroxylation is 1. The van der Waals surface area contributed by atoms with E-state index in [4.69, 9.17) is 0 Å². The third-order valence-electron chi connectivity index (χ3n) is 4.45. The van der Waals surface area contributed by atoms with Gasteiger partial charge in [-0.15, -0.1) is 11.8 Å². The summed E-state index contributed by atoms with van der Waals surface area (Å²) in [6, 6.07) is 12.4. The molecule has 6 nitrogen and oxygen atoms in total. The summed E-state index contributed by atoms with van der Waals surface area (Å²) >= 11 is 1.39. The Kier molecular flexibility index (Phi) is 6.10. The molecule has 0 spiro atoms. The van der Waals surface area contributed by atoms with Crippen LogP contribution in [0.4, 0.5) is 5.69 Å². The van der Waals surface area contributed by atoms with Crippen molar-refractivity contribution in [2.45, 2.75) is 41.9 Å². The summed E-state index contributed by atoms with van der Waals surface area (Å²) in [5, 5.41) is 5.25. The molecular formula is C20H22N2O4S2. The Hall–Kier alpha value is -2.32. The quantitative estimate of drug-likeness (QED) is 0.753. The largest absolute Gasteiger partial charge is 0.352 e. The van der Waals surface area contributed by atoms with Crippen molar-refractivity contribution < 1.29 is 18.0 Å². The molecular weight excluding hydrogens is 396 g/mol. The maximum absolute atomic E-state index is 12.6. The summed E-state index contributed by atoms with van der Waals surface area (Å²) in [4.78, 5) is 24.8. The number of benzene rings is 2. The summed E-state index contributed by atoms with van der Waals surface area (Å²) in [5.41, 5.74) is 2.59. The predicted molar refractivity (Wildman–Crippen MR) is 110 cm³/mol. The number of hydrogen-bond acceptors (Lipinski definition) is 5. The van der Waals surface area contributed by atoms with E-state index in [1.807, 2.05) is 31.2 Å². The smallest absolute Gasteiger partial charge is 0.237 e. The van der Waals surface area contributed by atoms with Crippen LogP contribution >= 0.6 is 11.8 Å². The minimum atomic E-state index is -3.63. The molecule has 0 radical (unpaired) electrons. The Labute approximate surface area is 169 Å². The molecule has 1 aliphatic heterocycles. The van der Waals surface area contributed by atoms with Crippen LogP contribution in [0.1, 0.15) is 24.5 Å². The highest BCUT2D eigenvalue weighted by molar-refractivity contribution is 8.01. The Morgan fingerprint density at radius 3 is 2.61 bits per heavy atom. The number of carbonyl (C=O) groups excluding carboxylic acids is 2. The van der Waals surface area contributed by atoms with Gasteiger partial charge in [-0.1, -0.05) is 29.8 Å². The number of carbonyl (C=O) groups is 2. The molecule has 0 saturated carbocycles. The van der Waals surface area contributed by atoms with E-state index < -0.39 is 9.84 Å². The minimum Gasteiger partial charge on any atom is -0.352 e. The molecule has 0 unspecified atom stereocenters. The highest BCUT2D eigenvalue weighted by Crippen LogP contribution is 2.36. The van der Waals surface area contributed by atoms with Gasteiger partial charge >= 0.3 is 0 Å². The molecule has 0 aliphatic carbocycles. The molecule has 28 heavy (non-hydrogen) atoms. The lowest BCUT2D eigenvalue weighted by Crippen LogP contribution is -2.27. The van der Waals surface area contributed by atoms with E-state index in [0.29, 0.717) is 12.2 Å². The van der Waals surface area contributed by atoms with Crippen molar-refractivity contribution >= 4 is 39.1 Å². The second-order valence-corrected chi connectivity index (χ2v) is 10.2. The first-order valence-electron chi connectivity index (χ1n) is 8.91. The van der Waals surface area contributed by atoms with Crippen LogP contribution in [0.5, 0.6) is 0 Å². The van der Waals surface area contributed by atoms with Gasteiger partial charge in [-0.2, -0.15) is 0 Å². The fourth-order valence-corrected chi connectivity index (χ4v) is 4.91. The lowest BCUT2D eigenvalue weighted by atomic mass is 10.1. The molecule has 0 saturated heterocycles. The van der Waals surface area contributed by atoms with E-state index in [9.17, 15) is 18.0 Å². The Balaban J connectivity index is 1.59. The second kappa shape index (κ2) is 8.36. The van der Waals surface area contributed by atoms with Crippen molar-refractivity contribution in [2.75, 3.05) is 11.1 Å². The molecule has 2 N–H and O–H groups in total. The molecule has 0 aromatic heterocycles. The fourth-order valence-electron chi connectivity index (χ4n) is 2.72. The predicted octanol–water partition coefficient (Wildman–Crippen LogP) is 2.91.